The first kappa shape index (κ1) is 18.6. The molecule has 0 atom stereocenters. The van der Waals surface area contributed by atoms with Crippen molar-refractivity contribution in [1.29, 1.82) is 0 Å². The van der Waals surface area contributed by atoms with E-state index in [-0.39, 0.29) is 34.7 Å². The van der Waals surface area contributed by atoms with Gasteiger partial charge in [0.15, 0.2) is 16.9 Å². The lowest BCUT2D eigenvalue weighted by Crippen LogP contribution is -2.37. The summed E-state index contributed by atoms with van der Waals surface area (Å²) in [5.74, 6) is -0.520. The monoisotopic (exact) mass is 389 g/mol. The summed E-state index contributed by atoms with van der Waals surface area (Å²) < 4.78 is 3.41. The fraction of sp³-hybridized carbons (Fsp3) is 0.235. The van der Waals surface area contributed by atoms with E-state index in [9.17, 15) is 19.2 Å². The highest BCUT2D eigenvalue weighted by Crippen LogP contribution is 2.17. The maximum atomic E-state index is 12.6. The number of aryl methyl sites for hydroxylation is 1. The van der Waals surface area contributed by atoms with Crippen molar-refractivity contribution in [3.8, 4) is 0 Å². The maximum absolute atomic E-state index is 12.6. The highest BCUT2D eigenvalue weighted by atomic mass is 35.5. The van der Waals surface area contributed by atoms with E-state index in [0.717, 1.165) is 4.57 Å². The van der Waals surface area contributed by atoms with Crippen LogP contribution >= 0.6 is 11.6 Å². The SMILES string of the molecule is CC(=O)Nc1ccc(C(=O)Cn2c(Cl)nc3c2c(=O)n(C)c(=O)n3C)cc1. The Morgan fingerprint density at radius 2 is 1.74 bits per heavy atom. The molecule has 0 aliphatic heterocycles. The highest BCUT2D eigenvalue weighted by molar-refractivity contribution is 6.29. The third-order valence-electron chi connectivity index (χ3n) is 4.13. The summed E-state index contributed by atoms with van der Waals surface area (Å²) in [5, 5.41) is 2.55. The third kappa shape index (κ3) is 3.28. The summed E-state index contributed by atoms with van der Waals surface area (Å²) in [4.78, 5) is 52.2. The van der Waals surface area contributed by atoms with Gasteiger partial charge in [-0.25, -0.2) is 4.79 Å². The maximum Gasteiger partial charge on any atom is 0.332 e. The molecule has 0 saturated carbocycles. The van der Waals surface area contributed by atoms with E-state index in [4.69, 9.17) is 11.6 Å². The molecular weight excluding hydrogens is 374 g/mol. The van der Waals surface area contributed by atoms with Crippen molar-refractivity contribution in [2.24, 2.45) is 14.1 Å². The number of nitrogens with zero attached hydrogens (tertiary/aromatic N) is 4. The molecule has 0 fully saturated rings. The first-order valence-corrected chi connectivity index (χ1v) is 8.31. The summed E-state index contributed by atoms with van der Waals surface area (Å²) in [7, 11) is 2.82. The quantitative estimate of drug-likeness (QED) is 0.527. The van der Waals surface area contributed by atoms with Crippen molar-refractivity contribution in [3.63, 3.8) is 0 Å². The molecule has 9 nitrogen and oxygen atoms in total. The summed E-state index contributed by atoms with van der Waals surface area (Å²) in [6.07, 6.45) is 0. The van der Waals surface area contributed by atoms with E-state index < -0.39 is 11.2 Å². The Bertz CT molecular complexity index is 1190. The minimum absolute atomic E-state index is 0.0634. The molecule has 0 saturated heterocycles. The largest absolute Gasteiger partial charge is 0.332 e. The molecule has 0 aliphatic rings. The van der Waals surface area contributed by atoms with Crippen LogP contribution in [0.4, 0.5) is 5.69 Å². The molecule has 2 heterocycles. The fourth-order valence-electron chi connectivity index (χ4n) is 2.74. The molecular formula is C17H16ClN5O4. The minimum Gasteiger partial charge on any atom is -0.326 e. The van der Waals surface area contributed by atoms with Crippen LogP contribution in [0, 0.1) is 0 Å². The molecule has 0 aliphatic carbocycles. The van der Waals surface area contributed by atoms with Crippen LogP contribution in [0.1, 0.15) is 17.3 Å². The molecule has 1 amide bonds. The first-order chi connectivity index (χ1) is 12.7. The number of carbonyl (C=O) groups excluding carboxylic acids is 2. The fourth-order valence-corrected chi connectivity index (χ4v) is 2.97. The summed E-state index contributed by atoms with van der Waals surface area (Å²) >= 11 is 6.12. The smallest absolute Gasteiger partial charge is 0.326 e. The summed E-state index contributed by atoms with van der Waals surface area (Å²) in [6.45, 7) is 1.17. The highest BCUT2D eigenvalue weighted by Gasteiger charge is 2.20. The predicted octanol–water partition coefficient (Wildman–Crippen LogP) is 0.928. The van der Waals surface area contributed by atoms with E-state index in [1.165, 1.54) is 30.2 Å². The van der Waals surface area contributed by atoms with Crippen LogP contribution < -0.4 is 16.6 Å². The van der Waals surface area contributed by atoms with E-state index in [0.29, 0.717) is 11.3 Å². The molecule has 0 radical (unpaired) electrons. The van der Waals surface area contributed by atoms with Gasteiger partial charge in [-0.2, -0.15) is 4.98 Å². The molecule has 0 unspecified atom stereocenters. The van der Waals surface area contributed by atoms with Gasteiger partial charge in [0.2, 0.25) is 11.2 Å². The van der Waals surface area contributed by atoms with Gasteiger partial charge >= 0.3 is 5.69 Å². The number of benzene rings is 1. The Hall–Kier alpha value is -3.20. The van der Waals surface area contributed by atoms with Gasteiger partial charge in [0.25, 0.3) is 5.56 Å². The Labute approximate surface area is 157 Å². The Balaban J connectivity index is 2.01. The standard InChI is InChI=1S/C17H16ClN5O4/c1-9(24)19-11-6-4-10(5-7-11)12(25)8-23-13-14(20-16(23)18)21(2)17(27)22(3)15(13)26/h4-7H,8H2,1-3H3,(H,19,24). The van der Waals surface area contributed by atoms with Crippen molar-refractivity contribution in [1.82, 2.24) is 18.7 Å². The Morgan fingerprint density at radius 3 is 2.33 bits per heavy atom. The summed E-state index contributed by atoms with van der Waals surface area (Å²) in [6, 6.07) is 6.33. The lowest BCUT2D eigenvalue weighted by atomic mass is 10.1. The molecule has 0 spiro atoms. The molecule has 3 aromatic rings. The predicted molar refractivity (Wildman–Crippen MR) is 100 cm³/mol. The lowest BCUT2D eigenvalue weighted by molar-refractivity contribution is -0.114. The third-order valence-corrected chi connectivity index (χ3v) is 4.42. The first-order valence-electron chi connectivity index (χ1n) is 7.93. The van der Waals surface area contributed by atoms with Gasteiger partial charge in [-0.1, -0.05) is 0 Å². The van der Waals surface area contributed by atoms with Crippen LogP contribution in [0.25, 0.3) is 11.2 Å². The number of halogens is 1. The second-order valence-electron chi connectivity index (χ2n) is 6.03. The average Bonchev–Trinajstić information content (AvgIpc) is 2.95. The minimum atomic E-state index is -0.582. The van der Waals surface area contributed by atoms with Crippen LogP contribution in [0.15, 0.2) is 33.9 Å². The zero-order chi connectivity index (χ0) is 19.9. The lowest BCUT2D eigenvalue weighted by Gasteiger charge is -2.08. The number of hydrogen-bond acceptors (Lipinski definition) is 5. The number of imidazole rings is 1. The van der Waals surface area contributed by atoms with Gasteiger partial charge in [0.05, 0.1) is 6.54 Å². The van der Waals surface area contributed by atoms with Gasteiger partial charge < -0.3 is 9.88 Å². The number of amides is 1. The number of nitrogens with one attached hydrogen (secondary N) is 1. The van der Waals surface area contributed by atoms with Gasteiger partial charge in [-0.15, -0.1) is 0 Å². The number of fused-ring (bicyclic) bond motifs is 1. The van der Waals surface area contributed by atoms with Crippen LogP contribution in [-0.2, 0) is 25.4 Å². The van der Waals surface area contributed by atoms with Crippen molar-refractivity contribution in [2.75, 3.05) is 5.32 Å². The molecule has 1 aromatic carbocycles. The number of aromatic nitrogens is 4. The molecule has 3 rings (SSSR count). The summed E-state index contributed by atoms with van der Waals surface area (Å²) in [5.41, 5.74) is 0.0161. The number of anilines is 1. The van der Waals surface area contributed by atoms with Gasteiger partial charge in [-0.05, 0) is 35.9 Å². The Kier molecular flexibility index (Phi) is 4.71. The normalized spacial score (nSPS) is 11.0. The molecule has 140 valence electrons. The second-order valence-corrected chi connectivity index (χ2v) is 6.36. The van der Waals surface area contributed by atoms with Crippen LogP contribution in [-0.4, -0.2) is 30.4 Å². The van der Waals surface area contributed by atoms with Gasteiger partial charge in [0, 0.05) is 32.3 Å². The van der Waals surface area contributed by atoms with E-state index in [1.54, 1.807) is 24.3 Å². The molecule has 10 heteroatoms. The number of carbonyl (C=O) groups is 2. The molecule has 2 aromatic heterocycles. The van der Waals surface area contributed by atoms with Crippen LogP contribution in [0.5, 0.6) is 0 Å². The number of rotatable bonds is 4. The van der Waals surface area contributed by atoms with Gasteiger partial charge in [0.1, 0.15) is 0 Å². The van der Waals surface area contributed by atoms with Crippen molar-refractivity contribution in [3.05, 3.63) is 56.0 Å². The number of Topliss-reactive ketones (excluding diaryl/α,β-unsaturated/α-hetero) is 1. The molecule has 27 heavy (non-hydrogen) atoms. The molecule has 0 bridgehead atoms. The van der Waals surface area contributed by atoms with E-state index in [1.807, 2.05) is 0 Å². The molecule has 1 N–H and O–H groups in total. The zero-order valence-corrected chi connectivity index (χ0v) is 15.6. The number of hydrogen-bond donors (Lipinski definition) is 1. The Morgan fingerprint density at radius 1 is 1.11 bits per heavy atom. The number of ketones is 1. The van der Waals surface area contributed by atoms with Crippen LogP contribution in [0.2, 0.25) is 5.28 Å². The van der Waals surface area contributed by atoms with Crippen LogP contribution in [0.3, 0.4) is 0 Å². The zero-order valence-electron chi connectivity index (χ0n) is 14.8. The van der Waals surface area contributed by atoms with Crippen molar-refractivity contribution < 1.29 is 9.59 Å². The van der Waals surface area contributed by atoms with E-state index >= 15 is 0 Å². The average molecular weight is 390 g/mol. The van der Waals surface area contributed by atoms with E-state index in [2.05, 4.69) is 10.3 Å². The topological polar surface area (TPSA) is 108 Å². The van der Waals surface area contributed by atoms with Crippen molar-refractivity contribution in [2.45, 2.75) is 13.5 Å². The second kappa shape index (κ2) is 6.84. The van der Waals surface area contributed by atoms with Crippen molar-refractivity contribution >= 4 is 40.1 Å². The van der Waals surface area contributed by atoms with Gasteiger partial charge in [-0.3, -0.25) is 23.5 Å².